The van der Waals surface area contributed by atoms with Gasteiger partial charge in [0.2, 0.25) is 5.91 Å². The van der Waals surface area contributed by atoms with Crippen LogP contribution in [0.3, 0.4) is 0 Å². The molecule has 0 radical (unpaired) electrons. The molecule has 4 aromatic rings. The minimum Gasteiger partial charge on any atom is -0.394 e. The molecule has 10 heteroatoms. The molecule has 2 saturated heterocycles. The van der Waals surface area contributed by atoms with E-state index in [0.29, 0.717) is 30.3 Å². The van der Waals surface area contributed by atoms with Gasteiger partial charge in [-0.25, -0.2) is 4.39 Å². The molecule has 1 saturated carbocycles. The van der Waals surface area contributed by atoms with Crippen molar-refractivity contribution in [3.8, 4) is 0 Å². The van der Waals surface area contributed by atoms with Crippen LogP contribution in [-0.4, -0.2) is 63.5 Å². The van der Waals surface area contributed by atoms with Crippen LogP contribution >= 0.6 is 0 Å². The number of nitrogens with one attached hydrogen (secondary N) is 2. The van der Waals surface area contributed by atoms with Gasteiger partial charge in [0.1, 0.15) is 5.82 Å². The number of likely N-dealkylation sites (tertiary alicyclic amines) is 1. The van der Waals surface area contributed by atoms with E-state index in [2.05, 4.69) is 15.7 Å². The first-order valence-corrected chi connectivity index (χ1v) is 16.8. The molecule has 3 aliphatic rings. The number of carbonyl (C=O) groups is 2. The van der Waals surface area contributed by atoms with E-state index in [-0.39, 0.29) is 35.9 Å². The Labute approximate surface area is 274 Å². The third kappa shape index (κ3) is 6.24. The van der Waals surface area contributed by atoms with Gasteiger partial charge in [0.15, 0.2) is 0 Å². The fraction of sp³-hybridized carbons (Fsp3) is 0.432. The van der Waals surface area contributed by atoms with E-state index in [0.717, 1.165) is 67.5 Å². The largest absolute Gasteiger partial charge is 0.394 e. The lowest BCUT2D eigenvalue weighted by Gasteiger charge is -2.48. The number of rotatable bonds is 8. The SMILES string of the molecule is Cc1cccc(F)c1C(=O)N1C2CCCC2CC(C(=O)Nc2ccc3c(cnn3CCO)c2)[C@@H]1c1ccc(NC2CCOCC2)cc1. The molecule has 3 N–H and O–H groups in total. The van der Waals surface area contributed by atoms with Gasteiger partial charge in [-0.1, -0.05) is 30.7 Å². The molecule has 9 nitrogen and oxygen atoms in total. The number of amides is 2. The number of hydrogen-bond acceptors (Lipinski definition) is 6. The van der Waals surface area contributed by atoms with Crippen LogP contribution in [0.15, 0.2) is 66.9 Å². The Kier molecular flexibility index (Phi) is 8.96. The number of aromatic nitrogens is 2. The van der Waals surface area contributed by atoms with Gasteiger partial charge in [0, 0.05) is 42.1 Å². The van der Waals surface area contributed by atoms with Crippen LogP contribution < -0.4 is 10.6 Å². The van der Waals surface area contributed by atoms with Crippen molar-refractivity contribution >= 4 is 34.1 Å². The zero-order valence-electron chi connectivity index (χ0n) is 26.7. The van der Waals surface area contributed by atoms with Crippen molar-refractivity contribution < 1.29 is 23.8 Å². The quantitative estimate of drug-likeness (QED) is 0.216. The second-order valence-electron chi connectivity index (χ2n) is 13.2. The maximum absolute atomic E-state index is 15.4. The number of piperidine rings is 1. The Morgan fingerprint density at radius 1 is 1.02 bits per heavy atom. The fourth-order valence-corrected chi connectivity index (χ4v) is 7.99. The van der Waals surface area contributed by atoms with E-state index < -0.39 is 17.8 Å². The molecule has 7 rings (SSSR count). The molecule has 1 aromatic heterocycles. The Morgan fingerprint density at radius 3 is 2.57 bits per heavy atom. The van der Waals surface area contributed by atoms with Gasteiger partial charge in [-0.15, -0.1) is 0 Å². The maximum atomic E-state index is 15.4. The van der Waals surface area contributed by atoms with E-state index >= 15 is 4.39 Å². The number of nitrogens with zero attached hydrogens (tertiary/aromatic N) is 3. The standard InChI is InChI=1S/C37H42FN5O4/c1-23-4-2-6-31(38)34(23)37(46)43-33-7-3-5-25(33)21-30(35(43)24-8-10-27(11-9-24)40-28-14-18-47-19-15-28)36(45)41-29-12-13-32-26(20-29)22-39-42(32)16-17-44/h2,4,6,8-13,20,22,25,28,30,33,35,40,44H,3,5,7,14-19,21H2,1H3,(H,41,45)/t25?,30?,33?,35-/m0/s1. The number of anilines is 2. The summed E-state index contributed by atoms with van der Waals surface area (Å²) in [6.07, 6.45) is 6.94. The first kappa shape index (κ1) is 31.3. The summed E-state index contributed by atoms with van der Waals surface area (Å²) in [5.41, 5.74) is 4.00. The van der Waals surface area contributed by atoms with E-state index in [1.54, 1.807) is 29.9 Å². The van der Waals surface area contributed by atoms with Gasteiger partial charge in [-0.05, 0) is 92.5 Å². The van der Waals surface area contributed by atoms with Gasteiger partial charge in [0.25, 0.3) is 5.91 Å². The van der Waals surface area contributed by atoms with Crippen molar-refractivity contribution in [2.45, 2.75) is 70.1 Å². The Bertz CT molecular complexity index is 1730. The molecule has 1 aliphatic carbocycles. The van der Waals surface area contributed by atoms with E-state index in [1.165, 1.54) is 6.07 Å². The molecule has 3 heterocycles. The molecule has 2 amide bonds. The molecule has 3 fully saturated rings. The van der Waals surface area contributed by atoms with Crippen molar-refractivity contribution in [1.82, 2.24) is 14.7 Å². The molecule has 3 unspecified atom stereocenters. The van der Waals surface area contributed by atoms with E-state index in [9.17, 15) is 14.7 Å². The summed E-state index contributed by atoms with van der Waals surface area (Å²) < 4.78 is 22.6. The summed E-state index contributed by atoms with van der Waals surface area (Å²) in [6, 6.07) is 18.1. The number of aliphatic hydroxyl groups is 1. The Morgan fingerprint density at radius 2 is 1.81 bits per heavy atom. The maximum Gasteiger partial charge on any atom is 0.257 e. The summed E-state index contributed by atoms with van der Waals surface area (Å²) in [5, 5.41) is 21.3. The number of ether oxygens (including phenoxy) is 1. The normalized spacial score (nSPS) is 23.1. The van der Waals surface area contributed by atoms with Crippen LogP contribution in [0, 0.1) is 24.6 Å². The van der Waals surface area contributed by atoms with Crippen molar-refractivity contribution in [1.29, 1.82) is 0 Å². The zero-order valence-corrected chi connectivity index (χ0v) is 26.7. The lowest BCUT2D eigenvalue weighted by Crippen LogP contribution is -2.54. The summed E-state index contributed by atoms with van der Waals surface area (Å²) in [6.45, 7) is 3.61. The second-order valence-corrected chi connectivity index (χ2v) is 13.2. The highest BCUT2D eigenvalue weighted by molar-refractivity contribution is 5.99. The van der Waals surface area contributed by atoms with Gasteiger partial charge in [0.05, 0.1) is 42.4 Å². The van der Waals surface area contributed by atoms with Crippen LogP contribution in [0.5, 0.6) is 0 Å². The summed E-state index contributed by atoms with van der Waals surface area (Å²) in [4.78, 5) is 30.7. The first-order chi connectivity index (χ1) is 22.9. The minimum absolute atomic E-state index is 0.0191. The number of benzene rings is 3. The number of aryl methyl sites for hydroxylation is 1. The monoisotopic (exact) mass is 639 g/mol. The predicted octanol–water partition coefficient (Wildman–Crippen LogP) is 6.08. The summed E-state index contributed by atoms with van der Waals surface area (Å²) in [7, 11) is 0. The average Bonchev–Trinajstić information content (AvgIpc) is 3.71. The first-order valence-electron chi connectivity index (χ1n) is 16.8. The highest BCUT2D eigenvalue weighted by atomic mass is 19.1. The van der Waals surface area contributed by atoms with Crippen molar-refractivity contribution in [2.24, 2.45) is 11.8 Å². The molecule has 0 bridgehead atoms. The van der Waals surface area contributed by atoms with Gasteiger partial charge < -0.3 is 25.4 Å². The van der Waals surface area contributed by atoms with Crippen LogP contribution in [0.2, 0.25) is 0 Å². The van der Waals surface area contributed by atoms with E-state index in [1.807, 2.05) is 47.4 Å². The average molecular weight is 640 g/mol. The van der Waals surface area contributed by atoms with Crippen molar-refractivity contribution in [3.63, 3.8) is 0 Å². The fourth-order valence-electron chi connectivity index (χ4n) is 7.99. The molecule has 0 spiro atoms. The van der Waals surface area contributed by atoms with Gasteiger partial charge in [-0.2, -0.15) is 5.10 Å². The number of fused-ring (bicyclic) bond motifs is 2. The highest BCUT2D eigenvalue weighted by Crippen LogP contribution is 2.49. The van der Waals surface area contributed by atoms with Crippen LogP contribution in [0.1, 0.15) is 66.1 Å². The number of hydrogen-bond donors (Lipinski definition) is 3. The predicted molar refractivity (Wildman–Crippen MR) is 179 cm³/mol. The van der Waals surface area contributed by atoms with Crippen molar-refractivity contribution in [2.75, 3.05) is 30.5 Å². The van der Waals surface area contributed by atoms with Crippen LogP contribution in [-0.2, 0) is 16.1 Å². The summed E-state index contributed by atoms with van der Waals surface area (Å²) >= 11 is 0. The highest BCUT2D eigenvalue weighted by Gasteiger charge is 2.50. The molecule has 4 atom stereocenters. The Balaban J connectivity index is 1.24. The number of halogens is 1. The van der Waals surface area contributed by atoms with Crippen LogP contribution in [0.4, 0.5) is 15.8 Å². The molecule has 47 heavy (non-hydrogen) atoms. The number of aliphatic hydroxyl groups excluding tert-OH is 1. The van der Waals surface area contributed by atoms with Gasteiger partial charge in [-0.3, -0.25) is 14.3 Å². The third-order valence-electron chi connectivity index (χ3n) is 10.3. The lowest BCUT2D eigenvalue weighted by molar-refractivity contribution is -0.125. The number of carbonyl (C=O) groups excluding carboxylic acids is 2. The second kappa shape index (κ2) is 13.4. The Hall–Kier alpha value is -4.28. The molecule has 2 aliphatic heterocycles. The van der Waals surface area contributed by atoms with Crippen LogP contribution in [0.25, 0.3) is 10.9 Å². The zero-order chi connectivity index (χ0) is 32.5. The van der Waals surface area contributed by atoms with Gasteiger partial charge >= 0.3 is 0 Å². The smallest absolute Gasteiger partial charge is 0.257 e. The van der Waals surface area contributed by atoms with Crippen molar-refractivity contribution in [3.05, 3.63) is 89.4 Å². The molecular formula is C37H42FN5O4. The minimum atomic E-state index is -0.575. The lowest BCUT2D eigenvalue weighted by atomic mass is 9.76. The molecule has 3 aromatic carbocycles. The molecule has 246 valence electrons. The summed E-state index contributed by atoms with van der Waals surface area (Å²) in [5.74, 6) is -1.47. The molecular weight excluding hydrogens is 597 g/mol. The topological polar surface area (TPSA) is 109 Å². The van der Waals surface area contributed by atoms with E-state index in [4.69, 9.17) is 4.74 Å². The third-order valence-corrected chi connectivity index (χ3v) is 10.3.